The van der Waals surface area contributed by atoms with Crippen molar-refractivity contribution in [2.45, 2.75) is 18.8 Å². The molecule has 0 bridgehead atoms. The molecule has 0 atom stereocenters. The van der Waals surface area contributed by atoms with Gasteiger partial charge in [-0.2, -0.15) is 10.5 Å². The molecule has 0 amide bonds. The maximum absolute atomic E-state index is 9.04. The molecule has 0 saturated heterocycles. The lowest BCUT2D eigenvalue weighted by Gasteiger charge is -2.16. The van der Waals surface area contributed by atoms with Gasteiger partial charge in [0.1, 0.15) is 0 Å². The summed E-state index contributed by atoms with van der Waals surface area (Å²) >= 11 is 0. The van der Waals surface area contributed by atoms with E-state index in [9.17, 15) is 0 Å². The fourth-order valence-electron chi connectivity index (χ4n) is 1.35. The van der Waals surface area contributed by atoms with Crippen LogP contribution >= 0.6 is 0 Å². The lowest BCUT2D eigenvalue weighted by molar-refractivity contribution is 0.615. The third-order valence-corrected chi connectivity index (χ3v) is 3.01. The first-order valence-corrected chi connectivity index (χ1v) is 5.50. The predicted octanol–water partition coefficient (Wildman–Crippen LogP) is 0.618. The molecule has 1 aromatic carbocycles. The van der Waals surface area contributed by atoms with Gasteiger partial charge in [0.05, 0.1) is 12.1 Å². The molecule has 74 valence electrons. The average Bonchev–Trinajstić information content (AvgIpc) is 2.33. The minimum absolute atomic E-state index is 0.254. The van der Waals surface area contributed by atoms with Crippen molar-refractivity contribution in [3.8, 4) is 12.1 Å². The SMILES string of the molecule is CCC(C#N)(C#N)c1ccc([Si]O)cc1. The van der Waals surface area contributed by atoms with E-state index in [0.29, 0.717) is 12.0 Å². The lowest BCUT2D eigenvalue weighted by Crippen LogP contribution is -2.22. The van der Waals surface area contributed by atoms with Crippen LogP contribution in [0.3, 0.4) is 0 Å². The largest absolute Gasteiger partial charge is 0.428 e. The molecule has 0 unspecified atom stereocenters. The molecule has 0 fully saturated rings. The van der Waals surface area contributed by atoms with E-state index in [-0.39, 0.29) is 9.76 Å². The van der Waals surface area contributed by atoms with E-state index in [2.05, 4.69) is 0 Å². The summed E-state index contributed by atoms with van der Waals surface area (Å²) in [5.41, 5.74) is -0.367. The van der Waals surface area contributed by atoms with Gasteiger partial charge in [0.15, 0.2) is 5.41 Å². The minimum atomic E-state index is -1.06. The van der Waals surface area contributed by atoms with Crippen LogP contribution in [0.1, 0.15) is 18.9 Å². The fourth-order valence-corrected chi connectivity index (χ4v) is 1.66. The zero-order chi connectivity index (χ0) is 11.3. The van der Waals surface area contributed by atoms with Gasteiger partial charge in [-0.3, -0.25) is 0 Å². The van der Waals surface area contributed by atoms with E-state index in [1.165, 1.54) is 0 Å². The molecule has 1 N–H and O–H groups in total. The van der Waals surface area contributed by atoms with Crippen molar-refractivity contribution in [1.29, 1.82) is 10.5 Å². The summed E-state index contributed by atoms with van der Waals surface area (Å²) in [4.78, 5) is 8.90. The molecule has 0 aromatic heterocycles. The highest BCUT2D eigenvalue weighted by atomic mass is 28.2. The normalized spacial score (nSPS) is 10.4. The number of benzene rings is 1. The third kappa shape index (κ3) is 2.07. The number of hydrogen-bond donors (Lipinski definition) is 1. The summed E-state index contributed by atoms with van der Waals surface area (Å²) in [6.45, 7) is 1.81. The van der Waals surface area contributed by atoms with E-state index in [1.807, 2.05) is 19.1 Å². The number of nitrogens with zero attached hydrogens (tertiary/aromatic N) is 2. The van der Waals surface area contributed by atoms with Crippen LogP contribution in [0.4, 0.5) is 0 Å². The number of rotatable bonds is 3. The van der Waals surface area contributed by atoms with Crippen LogP contribution in [-0.4, -0.2) is 14.6 Å². The summed E-state index contributed by atoms with van der Waals surface area (Å²) in [5.74, 6) is 0. The van der Waals surface area contributed by atoms with Crippen molar-refractivity contribution >= 4 is 14.9 Å². The van der Waals surface area contributed by atoms with Crippen LogP contribution in [0.15, 0.2) is 24.3 Å². The summed E-state index contributed by atoms with van der Waals surface area (Å²) in [6.07, 6.45) is 0.459. The van der Waals surface area contributed by atoms with Crippen molar-refractivity contribution in [1.82, 2.24) is 0 Å². The molecule has 1 aromatic rings. The van der Waals surface area contributed by atoms with Gasteiger partial charge in [-0.15, -0.1) is 0 Å². The Morgan fingerprint density at radius 2 is 1.80 bits per heavy atom. The Morgan fingerprint density at radius 3 is 2.13 bits per heavy atom. The second-order valence-corrected chi connectivity index (χ2v) is 3.97. The Labute approximate surface area is 91.5 Å². The van der Waals surface area contributed by atoms with E-state index in [0.717, 1.165) is 5.19 Å². The molecule has 3 nitrogen and oxygen atoms in total. The van der Waals surface area contributed by atoms with Crippen molar-refractivity contribution < 1.29 is 4.80 Å². The first-order chi connectivity index (χ1) is 7.22. The van der Waals surface area contributed by atoms with Crippen molar-refractivity contribution in [2.75, 3.05) is 0 Å². The molecular weight excluding hydrogens is 204 g/mol. The van der Waals surface area contributed by atoms with E-state index in [1.54, 1.807) is 24.3 Å². The average molecular weight is 214 g/mol. The zero-order valence-electron chi connectivity index (χ0n) is 8.36. The molecule has 0 aliphatic heterocycles. The van der Waals surface area contributed by atoms with Gasteiger partial charge in [-0.25, -0.2) is 0 Å². The highest BCUT2D eigenvalue weighted by Crippen LogP contribution is 2.25. The Morgan fingerprint density at radius 1 is 1.27 bits per heavy atom. The summed E-state index contributed by atoms with van der Waals surface area (Å²) in [5, 5.41) is 18.9. The smallest absolute Gasteiger partial charge is 0.265 e. The molecule has 0 spiro atoms. The summed E-state index contributed by atoms with van der Waals surface area (Å²) in [6, 6.07) is 11.0. The van der Waals surface area contributed by atoms with Gasteiger partial charge < -0.3 is 4.80 Å². The maximum atomic E-state index is 9.04. The van der Waals surface area contributed by atoms with Crippen molar-refractivity contribution in [3.63, 3.8) is 0 Å². The molecule has 0 aliphatic carbocycles. The van der Waals surface area contributed by atoms with Gasteiger partial charge in [0.2, 0.25) is 0 Å². The van der Waals surface area contributed by atoms with Crippen molar-refractivity contribution in [2.24, 2.45) is 0 Å². The molecule has 4 heteroatoms. The Balaban J connectivity index is 3.16. The zero-order valence-corrected chi connectivity index (χ0v) is 9.36. The number of nitriles is 2. The molecule has 2 radical (unpaired) electrons. The minimum Gasteiger partial charge on any atom is -0.428 e. The van der Waals surface area contributed by atoms with Crippen LogP contribution in [0.5, 0.6) is 0 Å². The van der Waals surface area contributed by atoms with Gasteiger partial charge in [0, 0.05) is 0 Å². The second-order valence-electron chi connectivity index (χ2n) is 3.17. The third-order valence-electron chi connectivity index (χ3n) is 2.42. The highest BCUT2D eigenvalue weighted by Gasteiger charge is 2.29. The molecule has 15 heavy (non-hydrogen) atoms. The van der Waals surface area contributed by atoms with Crippen LogP contribution in [-0.2, 0) is 5.41 Å². The fraction of sp³-hybridized carbons (Fsp3) is 0.273. The predicted molar refractivity (Wildman–Crippen MR) is 57.2 cm³/mol. The molecule has 0 saturated carbocycles. The van der Waals surface area contributed by atoms with Gasteiger partial charge in [-0.1, -0.05) is 31.2 Å². The molecule has 1 rings (SSSR count). The van der Waals surface area contributed by atoms with Crippen LogP contribution in [0.25, 0.3) is 0 Å². The molecule has 0 heterocycles. The van der Waals surface area contributed by atoms with E-state index in [4.69, 9.17) is 15.3 Å². The summed E-state index contributed by atoms with van der Waals surface area (Å²) < 4.78 is 0. The van der Waals surface area contributed by atoms with Gasteiger partial charge in [0.25, 0.3) is 9.76 Å². The van der Waals surface area contributed by atoms with Crippen LogP contribution in [0.2, 0.25) is 0 Å². The first kappa shape index (κ1) is 11.5. The monoisotopic (exact) mass is 214 g/mol. The molecular formula is C11H10N2OSi. The topological polar surface area (TPSA) is 67.8 Å². The quantitative estimate of drug-likeness (QED) is 0.750. The second kappa shape index (κ2) is 4.74. The standard InChI is InChI=1S/C11H10N2OSi/c1-2-11(7-12,8-13)9-3-5-10(15-14)6-4-9/h3-6,14H,2H2,1H3. The van der Waals surface area contributed by atoms with Gasteiger partial charge >= 0.3 is 0 Å². The Hall–Kier alpha value is -1.62. The van der Waals surface area contributed by atoms with E-state index < -0.39 is 5.41 Å². The molecule has 0 aliphatic rings. The maximum Gasteiger partial charge on any atom is 0.265 e. The van der Waals surface area contributed by atoms with Crippen LogP contribution < -0.4 is 5.19 Å². The summed E-state index contributed by atoms with van der Waals surface area (Å²) in [7, 11) is -0.254. The highest BCUT2D eigenvalue weighted by molar-refractivity contribution is 6.45. The first-order valence-electron chi connectivity index (χ1n) is 4.55. The van der Waals surface area contributed by atoms with Gasteiger partial charge in [-0.05, 0) is 17.2 Å². The van der Waals surface area contributed by atoms with E-state index >= 15 is 0 Å². The van der Waals surface area contributed by atoms with Crippen LogP contribution in [0, 0.1) is 22.7 Å². The Kier molecular flexibility index (Phi) is 3.62. The number of hydrogen-bond acceptors (Lipinski definition) is 3. The van der Waals surface area contributed by atoms with Crippen molar-refractivity contribution in [3.05, 3.63) is 29.8 Å². The lowest BCUT2D eigenvalue weighted by atomic mass is 9.81. The Bertz CT molecular complexity index is 400.